The molecule has 0 bridgehead atoms. The van der Waals surface area contributed by atoms with Gasteiger partial charge in [0.05, 0.1) is 0 Å². The summed E-state index contributed by atoms with van der Waals surface area (Å²) in [5.74, 6) is 0. The van der Waals surface area contributed by atoms with E-state index in [4.69, 9.17) is 4.74 Å². The van der Waals surface area contributed by atoms with Gasteiger partial charge in [0.15, 0.2) is 0 Å². The van der Waals surface area contributed by atoms with Crippen molar-refractivity contribution in [1.82, 2.24) is 4.90 Å². The zero-order valence-electron chi connectivity index (χ0n) is 8.65. The Kier molecular flexibility index (Phi) is 3.17. The maximum atomic E-state index is 5.72. The summed E-state index contributed by atoms with van der Waals surface area (Å²) >= 11 is 0. The molecule has 2 rings (SSSR count). The number of ether oxygens (including phenoxy) is 1. The SMILES string of the molecule is CN1CCCO[C@H]1Cc1ccccc1. The lowest BCUT2D eigenvalue weighted by atomic mass is 10.1. The summed E-state index contributed by atoms with van der Waals surface area (Å²) < 4.78 is 5.72. The standard InChI is InChI=1S/C12H17NO/c1-13-8-5-9-14-12(13)10-11-6-3-2-4-7-11/h2-4,6-7,12H,5,8-10H2,1H3/t12-/m0/s1. The van der Waals surface area contributed by atoms with Crippen LogP contribution in [0.2, 0.25) is 0 Å². The molecule has 0 unspecified atom stereocenters. The second-order valence-corrected chi connectivity index (χ2v) is 3.85. The van der Waals surface area contributed by atoms with E-state index in [-0.39, 0.29) is 6.23 Å². The maximum absolute atomic E-state index is 5.72. The minimum Gasteiger partial charge on any atom is -0.363 e. The van der Waals surface area contributed by atoms with Crippen LogP contribution in [0.3, 0.4) is 0 Å². The zero-order chi connectivity index (χ0) is 9.80. The van der Waals surface area contributed by atoms with E-state index in [9.17, 15) is 0 Å². The third-order valence-corrected chi connectivity index (χ3v) is 2.71. The Labute approximate surface area is 85.5 Å². The quantitative estimate of drug-likeness (QED) is 0.708. The van der Waals surface area contributed by atoms with Crippen molar-refractivity contribution in [2.45, 2.75) is 19.1 Å². The van der Waals surface area contributed by atoms with Gasteiger partial charge in [-0.25, -0.2) is 0 Å². The van der Waals surface area contributed by atoms with E-state index in [0.29, 0.717) is 0 Å². The molecule has 1 aromatic carbocycles. The summed E-state index contributed by atoms with van der Waals surface area (Å²) in [6.45, 7) is 2.05. The zero-order valence-corrected chi connectivity index (χ0v) is 8.65. The Balaban J connectivity index is 1.96. The van der Waals surface area contributed by atoms with Gasteiger partial charge in [0.1, 0.15) is 6.23 Å². The Morgan fingerprint density at radius 2 is 2.14 bits per heavy atom. The summed E-state index contributed by atoms with van der Waals surface area (Å²) in [6, 6.07) is 10.5. The molecule has 76 valence electrons. The highest BCUT2D eigenvalue weighted by Crippen LogP contribution is 2.13. The topological polar surface area (TPSA) is 12.5 Å². The van der Waals surface area contributed by atoms with Crippen molar-refractivity contribution in [2.75, 3.05) is 20.2 Å². The molecular weight excluding hydrogens is 174 g/mol. The highest BCUT2D eigenvalue weighted by molar-refractivity contribution is 5.15. The van der Waals surface area contributed by atoms with Crippen LogP contribution in [0.15, 0.2) is 30.3 Å². The van der Waals surface area contributed by atoms with E-state index in [1.807, 2.05) is 0 Å². The van der Waals surface area contributed by atoms with Gasteiger partial charge in [0.25, 0.3) is 0 Å². The summed E-state index contributed by atoms with van der Waals surface area (Å²) in [5.41, 5.74) is 1.35. The number of hydrogen-bond donors (Lipinski definition) is 0. The van der Waals surface area contributed by atoms with Crippen molar-refractivity contribution in [3.05, 3.63) is 35.9 Å². The molecule has 0 spiro atoms. The van der Waals surface area contributed by atoms with Crippen molar-refractivity contribution in [3.63, 3.8) is 0 Å². The van der Waals surface area contributed by atoms with Gasteiger partial charge in [-0.15, -0.1) is 0 Å². The molecule has 1 atom stereocenters. The van der Waals surface area contributed by atoms with Crippen LogP contribution in [0.1, 0.15) is 12.0 Å². The van der Waals surface area contributed by atoms with E-state index in [2.05, 4.69) is 42.3 Å². The smallest absolute Gasteiger partial charge is 0.114 e. The fourth-order valence-electron chi connectivity index (χ4n) is 1.84. The van der Waals surface area contributed by atoms with Crippen LogP contribution in [0.25, 0.3) is 0 Å². The van der Waals surface area contributed by atoms with Crippen molar-refractivity contribution in [3.8, 4) is 0 Å². The molecule has 0 N–H and O–H groups in total. The minimum atomic E-state index is 0.270. The molecule has 2 heteroatoms. The number of likely N-dealkylation sites (N-methyl/N-ethyl adjacent to an activating group) is 1. The first-order valence-corrected chi connectivity index (χ1v) is 5.22. The molecule has 1 aliphatic rings. The van der Waals surface area contributed by atoms with E-state index >= 15 is 0 Å². The van der Waals surface area contributed by atoms with Crippen molar-refractivity contribution in [1.29, 1.82) is 0 Å². The molecule has 0 aliphatic carbocycles. The number of rotatable bonds is 2. The van der Waals surface area contributed by atoms with E-state index in [1.165, 1.54) is 5.56 Å². The van der Waals surface area contributed by atoms with Gasteiger partial charge in [0.2, 0.25) is 0 Å². The first-order valence-electron chi connectivity index (χ1n) is 5.22. The lowest BCUT2D eigenvalue weighted by Crippen LogP contribution is -2.41. The van der Waals surface area contributed by atoms with Gasteiger partial charge in [-0.1, -0.05) is 30.3 Å². The van der Waals surface area contributed by atoms with Crippen LogP contribution < -0.4 is 0 Å². The lowest BCUT2D eigenvalue weighted by molar-refractivity contribution is -0.0816. The van der Waals surface area contributed by atoms with Gasteiger partial charge in [0, 0.05) is 19.6 Å². The van der Waals surface area contributed by atoms with Crippen LogP contribution in [0, 0.1) is 0 Å². The molecule has 0 saturated carbocycles. The monoisotopic (exact) mass is 191 g/mol. The number of hydrogen-bond acceptors (Lipinski definition) is 2. The fraction of sp³-hybridized carbons (Fsp3) is 0.500. The first-order chi connectivity index (χ1) is 6.86. The van der Waals surface area contributed by atoms with Gasteiger partial charge in [-0.3, -0.25) is 4.90 Å². The van der Waals surface area contributed by atoms with Gasteiger partial charge >= 0.3 is 0 Å². The fourth-order valence-corrected chi connectivity index (χ4v) is 1.84. The molecule has 14 heavy (non-hydrogen) atoms. The van der Waals surface area contributed by atoms with E-state index in [1.54, 1.807) is 0 Å². The highest BCUT2D eigenvalue weighted by atomic mass is 16.5. The second kappa shape index (κ2) is 4.58. The van der Waals surface area contributed by atoms with Crippen molar-refractivity contribution >= 4 is 0 Å². The van der Waals surface area contributed by atoms with Gasteiger partial charge < -0.3 is 4.74 Å². The van der Waals surface area contributed by atoms with Crippen LogP contribution in [-0.2, 0) is 11.2 Å². The molecular formula is C12H17NO. The minimum absolute atomic E-state index is 0.270. The molecule has 0 amide bonds. The Bertz CT molecular complexity index is 273. The third kappa shape index (κ3) is 2.34. The Morgan fingerprint density at radius 3 is 2.86 bits per heavy atom. The van der Waals surface area contributed by atoms with Crippen LogP contribution in [0.4, 0.5) is 0 Å². The predicted molar refractivity (Wildman–Crippen MR) is 57.1 cm³/mol. The van der Waals surface area contributed by atoms with Crippen LogP contribution >= 0.6 is 0 Å². The molecule has 1 aromatic rings. The molecule has 0 radical (unpaired) electrons. The highest BCUT2D eigenvalue weighted by Gasteiger charge is 2.19. The Morgan fingerprint density at radius 1 is 1.36 bits per heavy atom. The first kappa shape index (κ1) is 9.69. The van der Waals surface area contributed by atoms with Gasteiger partial charge in [-0.05, 0) is 19.0 Å². The van der Waals surface area contributed by atoms with Crippen molar-refractivity contribution in [2.24, 2.45) is 0 Å². The van der Waals surface area contributed by atoms with Crippen LogP contribution in [0.5, 0.6) is 0 Å². The molecule has 0 aromatic heterocycles. The summed E-state index contributed by atoms with van der Waals surface area (Å²) in [7, 11) is 2.13. The second-order valence-electron chi connectivity index (χ2n) is 3.85. The van der Waals surface area contributed by atoms with Gasteiger partial charge in [-0.2, -0.15) is 0 Å². The summed E-state index contributed by atoms with van der Waals surface area (Å²) in [5, 5.41) is 0. The summed E-state index contributed by atoms with van der Waals surface area (Å²) in [6.07, 6.45) is 2.42. The lowest BCUT2D eigenvalue weighted by Gasteiger charge is -2.32. The molecule has 1 aliphatic heterocycles. The molecule has 1 heterocycles. The van der Waals surface area contributed by atoms with Crippen LogP contribution in [-0.4, -0.2) is 31.3 Å². The summed E-state index contributed by atoms with van der Waals surface area (Å²) in [4.78, 5) is 2.29. The van der Waals surface area contributed by atoms with Crippen molar-refractivity contribution < 1.29 is 4.74 Å². The average Bonchev–Trinajstić information content (AvgIpc) is 2.23. The predicted octanol–water partition coefficient (Wildman–Crippen LogP) is 1.91. The molecule has 2 nitrogen and oxygen atoms in total. The van der Waals surface area contributed by atoms with E-state index < -0.39 is 0 Å². The molecule has 1 saturated heterocycles. The number of benzene rings is 1. The maximum Gasteiger partial charge on any atom is 0.114 e. The normalized spacial score (nSPS) is 23.6. The molecule has 1 fully saturated rings. The average molecular weight is 191 g/mol. The Hall–Kier alpha value is -0.860. The third-order valence-electron chi connectivity index (χ3n) is 2.71. The van der Waals surface area contributed by atoms with E-state index in [0.717, 1.165) is 26.0 Å². The number of nitrogens with zero attached hydrogens (tertiary/aromatic N) is 1. The largest absolute Gasteiger partial charge is 0.363 e.